The Morgan fingerprint density at radius 2 is 2.15 bits per heavy atom. The maximum atomic E-state index is 11.2. The summed E-state index contributed by atoms with van der Waals surface area (Å²) in [5.41, 5.74) is 8.28. The number of fused-ring (bicyclic) bond motifs is 1. The number of nitrogens with two attached hydrogens (primary N) is 1. The molecule has 1 aliphatic rings. The van der Waals surface area contributed by atoms with Crippen LogP contribution in [0.25, 0.3) is 11.1 Å². The third kappa shape index (κ3) is 2.27. The summed E-state index contributed by atoms with van der Waals surface area (Å²) in [5.74, 6) is -0.487. The second kappa shape index (κ2) is 4.86. The van der Waals surface area contributed by atoms with E-state index in [1.807, 2.05) is 0 Å². The van der Waals surface area contributed by atoms with E-state index in [0.29, 0.717) is 23.3 Å². The summed E-state index contributed by atoms with van der Waals surface area (Å²) in [6.07, 6.45) is 4.37. The Morgan fingerprint density at radius 3 is 2.85 bits per heavy atom. The first kappa shape index (κ1) is 13.1. The molecule has 0 radical (unpaired) electrons. The third-order valence-electron chi connectivity index (χ3n) is 4.24. The van der Waals surface area contributed by atoms with Crippen LogP contribution in [0.4, 0.5) is 11.4 Å². The van der Waals surface area contributed by atoms with Crippen LogP contribution in [0.15, 0.2) is 21.3 Å². The topological polar surface area (TPSA) is 104 Å². The molecule has 5 N–H and O–H groups in total. The number of aliphatic hydroxyl groups excluding tert-OH is 1. The van der Waals surface area contributed by atoms with Crippen LogP contribution in [0.1, 0.15) is 25.7 Å². The minimum Gasteiger partial charge on any atom is -0.408 e. The lowest BCUT2D eigenvalue weighted by Gasteiger charge is -2.27. The van der Waals surface area contributed by atoms with Crippen molar-refractivity contribution in [2.45, 2.75) is 25.7 Å². The first-order valence-electron chi connectivity index (χ1n) is 6.89. The molecule has 0 unspecified atom stereocenters. The molecule has 0 aliphatic heterocycles. The van der Waals surface area contributed by atoms with E-state index in [9.17, 15) is 9.90 Å². The number of nitrogens with one attached hydrogen (secondary N) is 2. The molecule has 0 atom stereocenters. The summed E-state index contributed by atoms with van der Waals surface area (Å²) in [6, 6.07) is 3.41. The first-order valence-corrected chi connectivity index (χ1v) is 6.89. The van der Waals surface area contributed by atoms with Crippen molar-refractivity contribution in [1.82, 2.24) is 4.98 Å². The van der Waals surface area contributed by atoms with Crippen LogP contribution in [-0.2, 0) is 0 Å². The van der Waals surface area contributed by atoms with Gasteiger partial charge < -0.3 is 20.6 Å². The SMILES string of the molecule is Nc1cc2oc(=O)[nH]c2cc1NCC1(CO)CCCC1. The average Bonchev–Trinajstić information content (AvgIpc) is 3.02. The van der Waals surface area contributed by atoms with Gasteiger partial charge in [-0.3, -0.25) is 4.98 Å². The molecule has 108 valence electrons. The second-order valence-corrected chi connectivity index (χ2v) is 5.67. The third-order valence-corrected chi connectivity index (χ3v) is 4.24. The molecular weight excluding hydrogens is 258 g/mol. The molecule has 20 heavy (non-hydrogen) atoms. The van der Waals surface area contributed by atoms with Crippen molar-refractivity contribution in [2.75, 3.05) is 24.2 Å². The van der Waals surface area contributed by atoms with Crippen molar-refractivity contribution in [3.05, 3.63) is 22.7 Å². The molecule has 1 heterocycles. The van der Waals surface area contributed by atoms with Gasteiger partial charge in [-0.15, -0.1) is 0 Å². The molecule has 0 bridgehead atoms. The predicted molar refractivity (Wildman–Crippen MR) is 77.7 cm³/mol. The van der Waals surface area contributed by atoms with E-state index < -0.39 is 5.76 Å². The highest BCUT2D eigenvalue weighted by molar-refractivity contribution is 5.85. The van der Waals surface area contributed by atoms with E-state index >= 15 is 0 Å². The minimum atomic E-state index is -0.487. The standard InChI is InChI=1S/C14H19N3O3/c15-9-5-12-11(17-13(19)20-12)6-10(9)16-7-14(8-18)3-1-2-4-14/h5-6,16,18H,1-4,7-8,15H2,(H,17,19). The Morgan fingerprint density at radius 1 is 1.40 bits per heavy atom. The lowest BCUT2D eigenvalue weighted by Crippen LogP contribution is -2.30. The Labute approximate surface area is 116 Å². The number of anilines is 2. The van der Waals surface area contributed by atoms with E-state index in [0.717, 1.165) is 31.4 Å². The Balaban J connectivity index is 1.83. The van der Waals surface area contributed by atoms with Gasteiger partial charge >= 0.3 is 5.76 Å². The summed E-state index contributed by atoms with van der Waals surface area (Å²) < 4.78 is 4.96. The quantitative estimate of drug-likeness (QED) is 0.636. The maximum Gasteiger partial charge on any atom is 0.417 e. The Bertz CT molecular complexity index is 668. The Kier molecular flexibility index (Phi) is 3.17. The number of hydrogen-bond acceptors (Lipinski definition) is 5. The summed E-state index contributed by atoms with van der Waals surface area (Å²) in [6.45, 7) is 0.867. The Hall–Kier alpha value is -1.95. The monoisotopic (exact) mass is 277 g/mol. The van der Waals surface area contributed by atoms with Crippen LogP contribution in [0.5, 0.6) is 0 Å². The van der Waals surface area contributed by atoms with Crippen molar-refractivity contribution < 1.29 is 9.52 Å². The van der Waals surface area contributed by atoms with Gasteiger partial charge in [-0.25, -0.2) is 4.79 Å². The minimum absolute atomic E-state index is 0.0504. The lowest BCUT2D eigenvalue weighted by molar-refractivity contribution is 0.142. The smallest absolute Gasteiger partial charge is 0.408 e. The van der Waals surface area contributed by atoms with Crippen LogP contribution in [-0.4, -0.2) is 23.2 Å². The fourth-order valence-electron chi connectivity index (χ4n) is 2.96. The number of nitrogen functional groups attached to an aromatic ring is 1. The number of benzene rings is 1. The zero-order valence-corrected chi connectivity index (χ0v) is 11.2. The van der Waals surface area contributed by atoms with Crippen LogP contribution < -0.4 is 16.8 Å². The van der Waals surface area contributed by atoms with Crippen LogP contribution >= 0.6 is 0 Å². The molecule has 0 spiro atoms. The number of H-pyrrole nitrogens is 1. The molecule has 0 saturated heterocycles. The lowest BCUT2D eigenvalue weighted by atomic mass is 9.87. The molecule has 3 rings (SSSR count). The van der Waals surface area contributed by atoms with Crippen molar-refractivity contribution in [1.29, 1.82) is 0 Å². The van der Waals surface area contributed by atoms with Gasteiger partial charge in [0, 0.05) is 18.0 Å². The molecule has 1 saturated carbocycles. The van der Waals surface area contributed by atoms with E-state index in [-0.39, 0.29) is 12.0 Å². The van der Waals surface area contributed by atoms with Gasteiger partial charge in [0.1, 0.15) is 0 Å². The number of aromatic amines is 1. The highest BCUT2D eigenvalue weighted by Gasteiger charge is 2.33. The normalized spacial score (nSPS) is 17.6. The first-order chi connectivity index (χ1) is 9.62. The average molecular weight is 277 g/mol. The largest absolute Gasteiger partial charge is 0.417 e. The molecule has 1 fully saturated rings. The number of hydrogen-bond donors (Lipinski definition) is 4. The molecule has 1 aromatic carbocycles. The van der Waals surface area contributed by atoms with Crippen molar-refractivity contribution in [2.24, 2.45) is 5.41 Å². The number of oxazole rings is 1. The zero-order chi connectivity index (χ0) is 14.2. The molecular formula is C14H19N3O3. The van der Waals surface area contributed by atoms with E-state index in [2.05, 4.69) is 10.3 Å². The molecule has 1 aromatic heterocycles. The van der Waals surface area contributed by atoms with Crippen molar-refractivity contribution in [3.63, 3.8) is 0 Å². The summed E-state index contributed by atoms with van der Waals surface area (Å²) >= 11 is 0. The molecule has 6 heteroatoms. The number of aliphatic hydroxyl groups is 1. The van der Waals surface area contributed by atoms with Crippen molar-refractivity contribution >= 4 is 22.5 Å². The molecule has 1 aliphatic carbocycles. The predicted octanol–water partition coefficient (Wildman–Crippen LogP) is 1.67. The van der Waals surface area contributed by atoms with Gasteiger partial charge in [0.15, 0.2) is 5.58 Å². The van der Waals surface area contributed by atoms with E-state index in [4.69, 9.17) is 10.2 Å². The summed E-state index contributed by atoms with van der Waals surface area (Å²) in [4.78, 5) is 13.8. The van der Waals surface area contributed by atoms with E-state index in [1.165, 1.54) is 0 Å². The summed E-state index contributed by atoms with van der Waals surface area (Å²) in [5, 5.41) is 12.9. The number of aromatic nitrogens is 1. The fourth-order valence-corrected chi connectivity index (χ4v) is 2.96. The molecule has 6 nitrogen and oxygen atoms in total. The molecule has 2 aromatic rings. The summed E-state index contributed by atoms with van der Waals surface area (Å²) in [7, 11) is 0. The van der Waals surface area contributed by atoms with Crippen molar-refractivity contribution in [3.8, 4) is 0 Å². The zero-order valence-electron chi connectivity index (χ0n) is 11.2. The van der Waals surface area contributed by atoms with Gasteiger partial charge in [0.05, 0.1) is 23.5 Å². The van der Waals surface area contributed by atoms with Gasteiger partial charge in [-0.1, -0.05) is 12.8 Å². The van der Waals surface area contributed by atoms with Gasteiger partial charge in [-0.2, -0.15) is 0 Å². The maximum absolute atomic E-state index is 11.2. The molecule has 0 amide bonds. The van der Waals surface area contributed by atoms with Gasteiger partial charge in [-0.05, 0) is 18.9 Å². The van der Waals surface area contributed by atoms with Crippen LogP contribution in [0.2, 0.25) is 0 Å². The fraction of sp³-hybridized carbons (Fsp3) is 0.500. The van der Waals surface area contributed by atoms with Gasteiger partial charge in [0.2, 0.25) is 0 Å². The van der Waals surface area contributed by atoms with E-state index in [1.54, 1.807) is 12.1 Å². The van der Waals surface area contributed by atoms with Gasteiger partial charge in [0.25, 0.3) is 0 Å². The van der Waals surface area contributed by atoms with Crippen LogP contribution in [0.3, 0.4) is 0 Å². The number of rotatable bonds is 4. The highest BCUT2D eigenvalue weighted by Crippen LogP contribution is 2.38. The van der Waals surface area contributed by atoms with Crippen LogP contribution in [0, 0.1) is 5.41 Å². The highest BCUT2D eigenvalue weighted by atomic mass is 16.4. The second-order valence-electron chi connectivity index (χ2n) is 5.67.